The van der Waals surface area contributed by atoms with Gasteiger partial charge in [0, 0.05) is 23.7 Å². The first kappa shape index (κ1) is 26.8. The second-order valence-electron chi connectivity index (χ2n) is 10.7. The molecule has 1 saturated heterocycles. The summed E-state index contributed by atoms with van der Waals surface area (Å²) >= 11 is 0. The van der Waals surface area contributed by atoms with E-state index in [2.05, 4.69) is 4.98 Å². The predicted octanol–water partition coefficient (Wildman–Crippen LogP) is 5.96. The van der Waals surface area contributed by atoms with Gasteiger partial charge in [-0.05, 0) is 63.8 Å². The summed E-state index contributed by atoms with van der Waals surface area (Å²) in [7, 11) is 0. The summed E-state index contributed by atoms with van der Waals surface area (Å²) in [4.78, 5) is 27.9. The number of aromatic nitrogens is 1. The molecule has 1 aromatic carbocycles. The molecule has 2 atom stereocenters. The Hall–Kier alpha value is -2.77. The first-order chi connectivity index (χ1) is 16.2. The molecule has 0 radical (unpaired) electrons. The maximum atomic E-state index is 13.5. The molecule has 35 heavy (non-hydrogen) atoms. The standard InChI is InChI=1S/C28H36FNO5/c1-17(2)25-22(23(16-30-26(25)32)18-8-10-19(29)11-9-18)13-12-20-14-21(34-28(6,7)33-20)15-24(31)35-27(3,4)5/h8-13,16-17,20-21H,14-15H2,1-7H3,(H,30,32)/b13-12+/t20-,21-/m1/s1. The van der Waals surface area contributed by atoms with Gasteiger partial charge in [-0.3, -0.25) is 9.59 Å². The number of benzene rings is 1. The summed E-state index contributed by atoms with van der Waals surface area (Å²) in [5.74, 6) is -1.58. The number of nitrogens with one attached hydrogen (secondary N) is 1. The van der Waals surface area contributed by atoms with Crippen LogP contribution in [0.5, 0.6) is 0 Å². The van der Waals surface area contributed by atoms with Gasteiger partial charge in [0.25, 0.3) is 5.56 Å². The highest BCUT2D eigenvalue weighted by molar-refractivity contribution is 5.76. The van der Waals surface area contributed by atoms with Crippen molar-refractivity contribution in [1.29, 1.82) is 0 Å². The third-order valence-electron chi connectivity index (χ3n) is 5.58. The van der Waals surface area contributed by atoms with Crippen LogP contribution >= 0.6 is 0 Å². The SMILES string of the molecule is CC(C)c1c(/C=C/[C@@H]2C[C@H](CC(=O)OC(C)(C)C)OC(C)(C)O2)c(-c2ccc(F)cc2)c[nH]c1=O. The summed E-state index contributed by atoms with van der Waals surface area (Å²) in [5.41, 5.74) is 2.25. The number of halogens is 1. The molecule has 0 aliphatic carbocycles. The molecule has 1 aliphatic heterocycles. The summed E-state index contributed by atoms with van der Waals surface area (Å²) in [5, 5.41) is 0. The van der Waals surface area contributed by atoms with Crippen molar-refractivity contribution in [3.05, 3.63) is 63.8 Å². The highest BCUT2D eigenvalue weighted by Crippen LogP contribution is 2.32. The Morgan fingerprint density at radius 2 is 1.89 bits per heavy atom. The molecule has 1 fully saturated rings. The van der Waals surface area contributed by atoms with E-state index in [1.807, 2.05) is 60.6 Å². The van der Waals surface area contributed by atoms with Crippen molar-refractivity contribution in [1.82, 2.24) is 4.98 Å². The zero-order valence-corrected chi connectivity index (χ0v) is 21.6. The Bertz CT molecular complexity index is 1130. The van der Waals surface area contributed by atoms with Crippen LogP contribution in [0.25, 0.3) is 17.2 Å². The van der Waals surface area contributed by atoms with Crippen molar-refractivity contribution < 1.29 is 23.4 Å². The van der Waals surface area contributed by atoms with Crippen molar-refractivity contribution >= 4 is 12.0 Å². The molecule has 2 aromatic rings. The summed E-state index contributed by atoms with van der Waals surface area (Å²) in [6.07, 6.45) is 5.32. The summed E-state index contributed by atoms with van der Waals surface area (Å²) < 4.78 is 31.1. The maximum absolute atomic E-state index is 13.5. The van der Waals surface area contributed by atoms with Crippen LogP contribution in [-0.4, -0.2) is 34.5 Å². The van der Waals surface area contributed by atoms with Crippen molar-refractivity contribution in [2.45, 2.75) is 90.8 Å². The maximum Gasteiger partial charge on any atom is 0.308 e. The minimum absolute atomic E-state index is 0.0363. The smallest absolute Gasteiger partial charge is 0.308 e. The van der Waals surface area contributed by atoms with Gasteiger partial charge in [-0.25, -0.2) is 4.39 Å². The third kappa shape index (κ3) is 7.36. The molecule has 7 heteroatoms. The van der Waals surface area contributed by atoms with Gasteiger partial charge in [-0.15, -0.1) is 0 Å². The van der Waals surface area contributed by atoms with Gasteiger partial charge in [0.05, 0.1) is 18.6 Å². The molecule has 0 saturated carbocycles. The van der Waals surface area contributed by atoms with Crippen molar-refractivity contribution in [3.63, 3.8) is 0 Å². The normalized spacial score (nSPS) is 20.4. The number of carbonyl (C=O) groups is 1. The molecule has 1 N–H and O–H groups in total. The number of pyridine rings is 1. The second kappa shape index (κ2) is 10.5. The monoisotopic (exact) mass is 485 g/mol. The van der Waals surface area contributed by atoms with E-state index in [-0.39, 0.29) is 41.9 Å². The number of carbonyl (C=O) groups excluding carboxylic acids is 1. The van der Waals surface area contributed by atoms with Gasteiger partial charge in [0.2, 0.25) is 0 Å². The lowest BCUT2D eigenvalue weighted by molar-refractivity contribution is -0.290. The molecule has 1 aromatic heterocycles. The van der Waals surface area contributed by atoms with Crippen LogP contribution in [0.4, 0.5) is 4.39 Å². The largest absolute Gasteiger partial charge is 0.460 e. The van der Waals surface area contributed by atoms with E-state index in [9.17, 15) is 14.0 Å². The van der Waals surface area contributed by atoms with E-state index in [1.54, 1.807) is 18.3 Å². The van der Waals surface area contributed by atoms with E-state index in [4.69, 9.17) is 14.2 Å². The lowest BCUT2D eigenvalue weighted by Crippen LogP contribution is -2.45. The fraction of sp³-hybridized carbons (Fsp3) is 0.500. The molecule has 0 unspecified atom stereocenters. The van der Waals surface area contributed by atoms with Crippen LogP contribution in [0.15, 0.2) is 41.3 Å². The lowest BCUT2D eigenvalue weighted by Gasteiger charge is -2.39. The molecule has 2 heterocycles. The minimum atomic E-state index is -0.894. The molecule has 0 bridgehead atoms. The summed E-state index contributed by atoms with van der Waals surface area (Å²) in [6.45, 7) is 13.0. The van der Waals surface area contributed by atoms with E-state index in [1.165, 1.54) is 12.1 Å². The molecular weight excluding hydrogens is 449 g/mol. The second-order valence-corrected chi connectivity index (χ2v) is 10.7. The van der Waals surface area contributed by atoms with E-state index in [0.29, 0.717) is 12.0 Å². The predicted molar refractivity (Wildman–Crippen MR) is 134 cm³/mol. The topological polar surface area (TPSA) is 77.6 Å². The Kier molecular flexibility index (Phi) is 8.02. The molecule has 1 aliphatic rings. The van der Waals surface area contributed by atoms with Gasteiger partial charge < -0.3 is 19.2 Å². The first-order valence-electron chi connectivity index (χ1n) is 12.0. The Morgan fingerprint density at radius 3 is 2.49 bits per heavy atom. The van der Waals surface area contributed by atoms with Gasteiger partial charge in [-0.2, -0.15) is 0 Å². The van der Waals surface area contributed by atoms with Gasteiger partial charge >= 0.3 is 5.97 Å². The zero-order valence-electron chi connectivity index (χ0n) is 21.6. The van der Waals surface area contributed by atoms with Gasteiger partial charge in [-0.1, -0.05) is 38.1 Å². The van der Waals surface area contributed by atoms with Crippen molar-refractivity contribution in [3.8, 4) is 11.1 Å². The average molecular weight is 486 g/mol. The van der Waals surface area contributed by atoms with Gasteiger partial charge in [0.15, 0.2) is 5.79 Å². The third-order valence-corrected chi connectivity index (χ3v) is 5.58. The molecule has 0 spiro atoms. The number of esters is 1. The number of aromatic amines is 1. The number of H-pyrrole nitrogens is 1. The Balaban J connectivity index is 1.92. The van der Waals surface area contributed by atoms with Crippen LogP contribution in [0.1, 0.15) is 78.4 Å². The highest BCUT2D eigenvalue weighted by atomic mass is 19.1. The molecule has 3 rings (SSSR count). The fourth-order valence-corrected chi connectivity index (χ4v) is 4.35. The van der Waals surface area contributed by atoms with Crippen molar-refractivity contribution in [2.24, 2.45) is 0 Å². The molecular formula is C28H36FNO5. The first-order valence-corrected chi connectivity index (χ1v) is 12.0. The molecule has 6 nitrogen and oxygen atoms in total. The molecule has 0 amide bonds. The van der Waals surface area contributed by atoms with E-state index in [0.717, 1.165) is 16.7 Å². The molecule has 190 valence electrons. The highest BCUT2D eigenvalue weighted by Gasteiger charge is 2.36. The lowest BCUT2D eigenvalue weighted by atomic mass is 9.91. The average Bonchev–Trinajstić information content (AvgIpc) is 2.70. The minimum Gasteiger partial charge on any atom is -0.460 e. The van der Waals surface area contributed by atoms with E-state index >= 15 is 0 Å². The Morgan fingerprint density at radius 1 is 1.23 bits per heavy atom. The van der Waals surface area contributed by atoms with Crippen molar-refractivity contribution in [2.75, 3.05) is 0 Å². The number of hydrogen-bond acceptors (Lipinski definition) is 5. The quantitative estimate of drug-likeness (QED) is 0.511. The van der Waals surface area contributed by atoms with Gasteiger partial charge in [0.1, 0.15) is 11.4 Å². The van der Waals surface area contributed by atoms with E-state index < -0.39 is 11.4 Å². The van der Waals surface area contributed by atoms with Crippen LogP contribution in [0.3, 0.4) is 0 Å². The summed E-state index contributed by atoms with van der Waals surface area (Å²) in [6, 6.07) is 6.17. The Labute approximate surface area is 206 Å². The number of hydrogen-bond donors (Lipinski definition) is 1. The van der Waals surface area contributed by atoms with Crippen LogP contribution in [0.2, 0.25) is 0 Å². The zero-order chi connectivity index (χ0) is 26.0. The van der Waals surface area contributed by atoms with Crippen LogP contribution in [-0.2, 0) is 19.0 Å². The number of rotatable bonds is 6. The fourth-order valence-electron chi connectivity index (χ4n) is 4.35. The van der Waals surface area contributed by atoms with Crippen LogP contribution in [0, 0.1) is 5.82 Å². The number of ether oxygens (including phenoxy) is 3. The van der Waals surface area contributed by atoms with Crippen LogP contribution < -0.4 is 5.56 Å².